The predicted molar refractivity (Wildman–Crippen MR) is 83.4 cm³/mol. The van der Waals surface area contributed by atoms with Gasteiger partial charge in [0.25, 0.3) is 0 Å². The molecule has 2 aromatic rings. The Hall–Kier alpha value is -2.34. The molecule has 116 valence electrons. The average Bonchev–Trinajstić information content (AvgIpc) is 2.77. The van der Waals surface area contributed by atoms with Crippen LogP contribution in [0.4, 0.5) is 5.69 Å². The van der Waals surface area contributed by atoms with Gasteiger partial charge in [-0.05, 0) is 31.5 Å². The van der Waals surface area contributed by atoms with Gasteiger partial charge >= 0.3 is 5.97 Å². The molecule has 0 saturated carbocycles. The highest BCUT2D eigenvalue weighted by molar-refractivity contribution is 6.32. The molecular weight excluding hydrogens is 306 g/mol. The van der Waals surface area contributed by atoms with E-state index < -0.39 is 5.97 Å². The Kier molecular flexibility index (Phi) is 4.82. The maximum Gasteiger partial charge on any atom is 0.337 e. The fourth-order valence-corrected chi connectivity index (χ4v) is 2.50. The number of nitrogens with zero attached hydrogens (tertiary/aromatic N) is 2. The summed E-state index contributed by atoms with van der Waals surface area (Å²) in [6.07, 6.45) is 3.21. The highest BCUT2D eigenvalue weighted by atomic mass is 35.5. The van der Waals surface area contributed by atoms with Gasteiger partial charge in [-0.2, -0.15) is 0 Å². The predicted octanol–water partition coefficient (Wildman–Crippen LogP) is 2.74. The SMILES string of the molecule is CCn1cc(C)c(C(=O)O)c1CC(=O)Nc1cccnc1Cl. The third-order valence-corrected chi connectivity index (χ3v) is 3.60. The number of aromatic carboxylic acids is 1. The van der Waals surface area contributed by atoms with E-state index in [0.717, 1.165) is 0 Å². The van der Waals surface area contributed by atoms with E-state index in [1.807, 2.05) is 6.92 Å². The number of hydrogen-bond donors (Lipinski definition) is 2. The number of pyridine rings is 1. The number of carbonyl (C=O) groups excluding carboxylic acids is 1. The Labute approximate surface area is 132 Å². The van der Waals surface area contributed by atoms with E-state index in [-0.39, 0.29) is 23.0 Å². The Morgan fingerprint density at radius 2 is 2.18 bits per heavy atom. The average molecular weight is 322 g/mol. The van der Waals surface area contributed by atoms with Gasteiger partial charge in [0.05, 0.1) is 17.7 Å². The van der Waals surface area contributed by atoms with Crippen molar-refractivity contribution < 1.29 is 14.7 Å². The summed E-state index contributed by atoms with van der Waals surface area (Å²) in [7, 11) is 0. The van der Waals surface area contributed by atoms with Crippen LogP contribution in [0.1, 0.15) is 28.5 Å². The van der Waals surface area contributed by atoms with Crippen molar-refractivity contribution in [3.63, 3.8) is 0 Å². The standard InChI is InChI=1S/C15H16ClN3O3/c1-3-19-8-9(2)13(15(21)22)11(19)7-12(20)18-10-5-4-6-17-14(10)16/h4-6,8H,3,7H2,1-2H3,(H,18,20)(H,21,22). The second-order valence-corrected chi connectivity index (χ2v) is 5.15. The molecule has 0 aliphatic carbocycles. The molecule has 2 aromatic heterocycles. The number of aryl methyl sites for hydroxylation is 2. The lowest BCUT2D eigenvalue weighted by Crippen LogP contribution is -2.19. The quantitative estimate of drug-likeness (QED) is 0.829. The molecule has 22 heavy (non-hydrogen) atoms. The van der Waals surface area contributed by atoms with Crippen LogP contribution in [0.2, 0.25) is 5.15 Å². The topological polar surface area (TPSA) is 84.2 Å². The molecule has 0 aromatic carbocycles. The number of aromatic nitrogens is 2. The van der Waals surface area contributed by atoms with Gasteiger partial charge in [-0.3, -0.25) is 4.79 Å². The molecular formula is C15H16ClN3O3. The first-order valence-corrected chi connectivity index (χ1v) is 7.14. The number of carboxylic acids is 1. The molecule has 2 heterocycles. The molecule has 0 spiro atoms. The number of carbonyl (C=O) groups is 2. The lowest BCUT2D eigenvalue weighted by Gasteiger charge is -2.09. The molecule has 7 heteroatoms. The van der Waals surface area contributed by atoms with Crippen LogP contribution >= 0.6 is 11.6 Å². The van der Waals surface area contributed by atoms with Crippen molar-refractivity contribution in [3.8, 4) is 0 Å². The maximum atomic E-state index is 12.2. The largest absolute Gasteiger partial charge is 0.478 e. The fourth-order valence-electron chi connectivity index (χ4n) is 2.34. The summed E-state index contributed by atoms with van der Waals surface area (Å²) >= 11 is 5.89. The van der Waals surface area contributed by atoms with Crippen molar-refractivity contribution in [2.45, 2.75) is 26.8 Å². The molecule has 0 saturated heterocycles. The van der Waals surface area contributed by atoms with Gasteiger partial charge in [0.2, 0.25) is 5.91 Å². The third kappa shape index (κ3) is 3.28. The molecule has 0 aliphatic rings. The van der Waals surface area contributed by atoms with Gasteiger partial charge < -0.3 is 15.0 Å². The highest BCUT2D eigenvalue weighted by Crippen LogP contribution is 2.21. The number of rotatable bonds is 5. The minimum atomic E-state index is -1.04. The van der Waals surface area contributed by atoms with E-state index in [9.17, 15) is 14.7 Å². The zero-order valence-corrected chi connectivity index (χ0v) is 13.0. The molecule has 2 rings (SSSR count). The van der Waals surface area contributed by atoms with Crippen LogP contribution in [0.5, 0.6) is 0 Å². The zero-order valence-electron chi connectivity index (χ0n) is 12.3. The van der Waals surface area contributed by atoms with E-state index in [4.69, 9.17) is 11.6 Å². The molecule has 2 N–H and O–H groups in total. The summed E-state index contributed by atoms with van der Waals surface area (Å²) in [6.45, 7) is 4.20. The summed E-state index contributed by atoms with van der Waals surface area (Å²) in [5.74, 6) is -1.38. The summed E-state index contributed by atoms with van der Waals surface area (Å²) in [5.41, 5.74) is 1.69. The van der Waals surface area contributed by atoms with Gasteiger partial charge in [-0.25, -0.2) is 9.78 Å². The van der Waals surface area contributed by atoms with Crippen molar-refractivity contribution in [1.29, 1.82) is 0 Å². The third-order valence-electron chi connectivity index (χ3n) is 3.29. The number of anilines is 1. The number of carboxylic acid groups (broad SMARTS) is 1. The Morgan fingerprint density at radius 1 is 1.45 bits per heavy atom. The summed E-state index contributed by atoms with van der Waals surface area (Å²) in [6, 6.07) is 3.29. The Bertz CT molecular complexity index is 725. The summed E-state index contributed by atoms with van der Waals surface area (Å²) in [4.78, 5) is 27.4. The highest BCUT2D eigenvalue weighted by Gasteiger charge is 2.21. The first-order chi connectivity index (χ1) is 10.4. The number of halogens is 1. The minimum Gasteiger partial charge on any atom is -0.478 e. The van der Waals surface area contributed by atoms with Gasteiger partial charge in [0.15, 0.2) is 5.15 Å². The zero-order chi connectivity index (χ0) is 16.3. The van der Waals surface area contributed by atoms with Crippen LogP contribution in [0, 0.1) is 6.92 Å². The van der Waals surface area contributed by atoms with E-state index in [1.165, 1.54) is 6.20 Å². The minimum absolute atomic E-state index is 0.0471. The van der Waals surface area contributed by atoms with E-state index in [1.54, 1.807) is 29.8 Å². The van der Waals surface area contributed by atoms with Crippen molar-refractivity contribution in [3.05, 3.63) is 46.5 Å². The van der Waals surface area contributed by atoms with Gasteiger partial charge in [-0.15, -0.1) is 0 Å². The second-order valence-electron chi connectivity index (χ2n) is 4.79. The molecule has 0 unspecified atom stereocenters. The van der Waals surface area contributed by atoms with Crippen LogP contribution in [-0.2, 0) is 17.8 Å². The smallest absolute Gasteiger partial charge is 0.337 e. The van der Waals surface area contributed by atoms with Crippen LogP contribution in [0.25, 0.3) is 0 Å². The summed E-state index contributed by atoms with van der Waals surface area (Å²) in [5, 5.41) is 12.2. The molecule has 0 aliphatic heterocycles. The van der Waals surface area contributed by atoms with Crippen molar-refractivity contribution in [2.24, 2.45) is 0 Å². The van der Waals surface area contributed by atoms with Gasteiger partial charge in [-0.1, -0.05) is 11.6 Å². The van der Waals surface area contributed by atoms with Crippen molar-refractivity contribution >= 4 is 29.2 Å². The normalized spacial score (nSPS) is 10.5. The molecule has 1 amide bonds. The molecule has 0 fully saturated rings. The number of nitrogens with one attached hydrogen (secondary N) is 1. The lowest BCUT2D eigenvalue weighted by atomic mass is 10.1. The van der Waals surface area contributed by atoms with E-state index in [2.05, 4.69) is 10.3 Å². The van der Waals surface area contributed by atoms with Crippen LogP contribution in [-0.4, -0.2) is 26.5 Å². The molecule has 6 nitrogen and oxygen atoms in total. The van der Waals surface area contributed by atoms with E-state index in [0.29, 0.717) is 23.5 Å². The second kappa shape index (κ2) is 6.62. The van der Waals surface area contributed by atoms with Gasteiger partial charge in [0, 0.05) is 24.6 Å². The van der Waals surface area contributed by atoms with Gasteiger partial charge in [0.1, 0.15) is 0 Å². The Morgan fingerprint density at radius 3 is 2.77 bits per heavy atom. The molecule has 0 radical (unpaired) electrons. The maximum absolute atomic E-state index is 12.2. The number of hydrogen-bond acceptors (Lipinski definition) is 3. The van der Waals surface area contributed by atoms with Crippen molar-refractivity contribution in [1.82, 2.24) is 9.55 Å². The van der Waals surface area contributed by atoms with Crippen LogP contribution in [0.3, 0.4) is 0 Å². The monoisotopic (exact) mass is 321 g/mol. The Balaban J connectivity index is 2.25. The van der Waals surface area contributed by atoms with Crippen molar-refractivity contribution in [2.75, 3.05) is 5.32 Å². The fraction of sp³-hybridized carbons (Fsp3) is 0.267. The first-order valence-electron chi connectivity index (χ1n) is 6.76. The first kappa shape index (κ1) is 16.0. The van der Waals surface area contributed by atoms with Crippen LogP contribution in [0.15, 0.2) is 24.5 Å². The van der Waals surface area contributed by atoms with Crippen LogP contribution < -0.4 is 5.32 Å². The molecule has 0 atom stereocenters. The number of amides is 1. The van der Waals surface area contributed by atoms with E-state index >= 15 is 0 Å². The molecule has 0 bridgehead atoms. The lowest BCUT2D eigenvalue weighted by molar-refractivity contribution is -0.115. The summed E-state index contributed by atoms with van der Waals surface area (Å²) < 4.78 is 1.77.